The largest absolute Gasteiger partial charge is 0.351 e. The van der Waals surface area contributed by atoms with Crippen molar-refractivity contribution in [2.45, 2.75) is 32.4 Å². The van der Waals surface area contributed by atoms with E-state index in [0.717, 1.165) is 18.5 Å². The number of carbonyl (C=O) groups excluding carboxylic acids is 2. The molecule has 0 spiro atoms. The van der Waals surface area contributed by atoms with Gasteiger partial charge < -0.3 is 10.2 Å². The van der Waals surface area contributed by atoms with Crippen molar-refractivity contribution in [1.82, 2.24) is 25.2 Å². The minimum atomic E-state index is -0.113. The summed E-state index contributed by atoms with van der Waals surface area (Å²) < 4.78 is 0. The lowest BCUT2D eigenvalue weighted by Gasteiger charge is -2.24. The standard InChI is InChI=1S/C17H19N5O2/c1-12(23)20-10-14-9-19-11-15(21-14)16-3-2-8-22(16)17(24)13-4-6-18-7-5-13/h4-7,9,11,16H,2-3,8,10H2,1H3,(H,20,23). The lowest BCUT2D eigenvalue weighted by atomic mass is 10.1. The topological polar surface area (TPSA) is 88.1 Å². The number of nitrogens with zero attached hydrogens (tertiary/aromatic N) is 4. The molecule has 3 heterocycles. The van der Waals surface area contributed by atoms with Gasteiger partial charge in [0.15, 0.2) is 0 Å². The molecule has 0 radical (unpaired) electrons. The minimum absolute atomic E-state index is 0.0195. The van der Waals surface area contributed by atoms with Crippen molar-refractivity contribution in [3.63, 3.8) is 0 Å². The maximum absolute atomic E-state index is 12.7. The van der Waals surface area contributed by atoms with E-state index in [2.05, 4.69) is 20.3 Å². The van der Waals surface area contributed by atoms with Crippen LogP contribution in [-0.2, 0) is 11.3 Å². The zero-order valence-corrected chi connectivity index (χ0v) is 13.5. The summed E-state index contributed by atoms with van der Waals surface area (Å²) in [6.45, 7) is 2.49. The fourth-order valence-electron chi connectivity index (χ4n) is 2.86. The molecule has 0 aromatic carbocycles. The molecule has 1 fully saturated rings. The van der Waals surface area contributed by atoms with Crippen LogP contribution in [0.3, 0.4) is 0 Å². The molecule has 0 saturated carbocycles. The Morgan fingerprint density at radius 3 is 2.79 bits per heavy atom. The SMILES string of the molecule is CC(=O)NCc1cncc(C2CCCN2C(=O)c2ccncc2)n1. The first-order valence-electron chi connectivity index (χ1n) is 7.91. The summed E-state index contributed by atoms with van der Waals surface area (Å²) in [5, 5.41) is 2.71. The fourth-order valence-corrected chi connectivity index (χ4v) is 2.86. The molecule has 2 aromatic heterocycles. The van der Waals surface area contributed by atoms with Gasteiger partial charge in [-0.05, 0) is 25.0 Å². The van der Waals surface area contributed by atoms with Crippen LogP contribution in [0, 0.1) is 0 Å². The molecular formula is C17H19N5O2. The van der Waals surface area contributed by atoms with Crippen LogP contribution in [0.2, 0.25) is 0 Å². The Morgan fingerprint density at radius 2 is 2.04 bits per heavy atom. The van der Waals surface area contributed by atoms with Gasteiger partial charge in [0.25, 0.3) is 5.91 Å². The summed E-state index contributed by atoms with van der Waals surface area (Å²) >= 11 is 0. The van der Waals surface area contributed by atoms with Gasteiger partial charge in [-0.3, -0.25) is 24.5 Å². The van der Waals surface area contributed by atoms with Crippen LogP contribution in [-0.4, -0.2) is 38.2 Å². The predicted octanol–water partition coefficient (Wildman–Crippen LogP) is 1.48. The molecule has 3 rings (SSSR count). The Hall–Kier alpha value is -2.83. The maximum atomic E-state index is 12.7. The first kappa shape index (κ1) is 16.0. The number of hydrogen-bond acceptors (Lipinski definition) is 5. The van der Waals surface area contributed by atoms with Crippen LogP contribution in [0.1, 0.15) is 47.6 Å². The molecule has 0 bridgehead atoms. The summed E-state index contributed by atoms with van der Waals surface area (Å²) in [5.41, 5.74) is 2.07. The Kier molecular flexibility index (Phi) is 4.79. The van der Waals surface area contributed by atoms with Crippen molar-refractivity contribution < 1.29 is 9.59 Å². The van der Waals surface area contributed by atoms with E-state index >= 15 is 0 Å². The maximum Gasteiger partial charge on any atom is 0.254 e. The Bertz CT molecular complexity index is 735. The normalized spacial score (nSPS) is 16.9. The second-order valence-corrected chi connectivity index (χ2v) is 5.74. The first-order chi connectivity index (χ1) is 11.6. The van der Waals surface area contributed by atoms with Crippen LogP contribution in [0.25, 0.3) is 0 Å². The van der Waals surface area contributed by atoms with Crippen LogP contribution >= 0.6 is 0 Å². The Morgan fingerprint density at radius 1 is 1.25 bits per heavy atom. The van der Waals surface area contributed by atoms with Gasteiger partial charge in [-0.25, -0.2) is 0 Å². The summed E-state index contributed by atoms with van der Waals surface area (Å²) in [7, 11) is 0. The molecule has 24 heavy (non-hydrogen) atoms. The number of aromatic nitrogens is 3. The number of pyridine rings is 1. The van der Waals surface area contributed by atoms with E-state index < -0.39 is 0 Å². The predicted molar refractivity (Wildman–Crippen MR) is 86.8 cm³/mol. The average Bonchev–Trinajstić information content (AvgIpc) is 3.10. The van der Waals surface area contributed by atoms with Gasteiger partial charge in [-0.2, -0.15) is 0 Å². The van der Waals surface area contributed by atoms with Crippen molar-refractivity contribution >= 4 is 11.8 Å². The van der Waals surface area contributed by atoms with Crippen molar-refractivity contribution in [2.75, 3.05) is 6.54 Å². The third-order valence-corrected chi connectivity index (χ3v) is 4.00. The van der Waals surface area contributed by atoms with Gasteiger partial charge in [-0.1, -0.05) is 0 Å². The van der Waals surface area contributed by atoms with E-state index in [1.807, 2.05) is 4.90 Å². The van der Waals surface area contributed by atoms with Crippen LogP contribution in [0.5, 0.6) is 0 Å². The van der Waals surface area contributed by atoms with Gasteiger partial charge in [0.2, 0.25) is 5.91 Å². The second-order valence-electron chi connectivity index (χ2n) is 5.74. The van der Waals surface area contributed by atoms with E-state index in [9.17, 15) is 9.59 Å². The van der Waals surface area contributed by atoms with Crippen LogP contribution in [0.15, 0.2) is 36.9 Å². The molecule has 124 valence electrons. The van der Waals surface area contributed by atoms with Crippen molar-refractivity contribution in [2.24, 2.45) is 0 Å². The number of hydrogen-bond donors (Lipinski definition) is 1. The number of amides is 2. The highest BCUT2D eigenvalue weighted by Gasteiger charge is 2.31. The van der Waals surface area contributed by atoms with E-state index in [1.165, 1.54) is 6.92 Å². The van der Waals surface area contributed by atoms with Crippen molar-refractivity contribution in [3.8, 4) is 0 Å². The molecule has 7 nitrogen and oxygen atoms in total. The molecule has 2 aromatic rings. The smallest absolute Gasteiger partial charge is 0.254 e. The molecule has 1 atom stereocenters. The summed E-state index contributed by atoms with van der Waals surface area (Å²) in [4.78, 5) is 38.3. The van der Waals surface area contributed by atoms with Gasteiger partial charge in [-0.15, -0.1) is 0 Å². The number of carbonyl (C=O) groups is 2. The zero-order chi connectivity index (χ0) is 16.9. The molecule has 1 aliphatic rings. The Labute approximate surface area is 140 Å². The van der Waals surface area contributed by atoms with Gasteiger partial charge in [0, 0.05) is 31.4 Å². The number of likely N-dealkylation sites (tertiary alicyclic amines) is 1. The quantitative estimate of drug-likeness (QED) is 0.920. The van der Waals surface area contributed by atoms with Crippen molar-refractivity contribution in [3.05, 3.63) is 53.9 Å². The number of rotatable bonds is 4. The van der Waals surface area contributed by atoms with Gasteiger partial charge in [0.1, 0.15) is 0 Å². The van der Waals surface area contributed by atoms with Crippen molar-refractivity contribution in [1.29, 1.82) is 0 Å². The molecule has 0 aliphatic carbocycles. The van der Waals surface area contributed by atoms with E-state index in [1.54, 1.807) is 36.9 Å². The third kappa shape index (κ3) is 3.56. The van der Waals surface area contributed by atoms with E-state index in [-0.39, 0.29) is 17.9 Å². The summed E-state index contributed by atoms with van der Waals surface area (Å²) in [6, 6.07) is 3.35. The van der Waals surface area contributed by atoms with Gasteiger partial charge in [0.05, 0.1) is 36.4 Å². The highest BCUT2D eigenvalue weighted by atomic mass is 16.2. The lowest BCUT2D eigenvalue weighted by molar-refractivity contribution is -0.119. The average molecular weight is 325 g/mol. The summed E-state index contributed by atoms with van der Waals surface area (Å²) in [6.07, 6.45) is 8.34. The van der Waals surface area contributed by atoms with Crippen LogP contribution < -0.4 is 5.32 Å². The minimum Gasteiger partial charge on any atom is -0.351 e. The summed E-state index contributed by atoms with van der Waals surface area (Å²) in [5.74, 6) is -0.133. The van der Waals surface area contributed by atoms with Gasteiger partial charge >= 0.3 is 0 Å². The molecule has 1 N–H and O–H groups in total. The van der Waals surface area contributed by atoms with E-state index in [0.29, 0.717) is 24.3 Å². The molecule has 1 unspecified atom stereocenters. The third-order valence-electron chi connectivity index (χ3n) is 4.00. The lowest BCUT2D eigenvalue weighted by Crippen LogP contribution is -2.31. The fraction of sp³-hybridized carbons (Fsp3) is 0.353. The Balaban J connectivity index is 1.79. The molecule has 2 amide bonds. The molecular weight excluding hydrogens is 306 g/mol. The molecule has 1 saturated heterocycles. The highest BCUT2D eigenvalue weighted by molar-refractivity contribution is 5.94. The molecule has 7 heteroatoms. The second kappa shape index (κ2) is 7.16. The highest BCUT2D eigenvalue weighted by Crippen LogP contribution is 2.31. The van der Waals surface area contributed by atoms with Crippen LogP contribution in [0.4, 0.5) is 0 Å². The first-order valence-corrected chi connectivity index (χ1v) is 7.91. The molecule has 1 aliphatic heterocycles. The zero-order valence-electron chi connectivity index (χ0n) is 13.5. The number of nitrogens with one attached hydrogen (secondary N) is 1. The van der Waals surface area contributed by atoms with E-state index in [4.69, 9.17) is 0 Å². The monoisotopic (exact) mass is 325 g/mol.